The van der Waals surface area contributed by atoms with Gasteiger partial charge in [0.2, 0.25) is 0 Å². The summed E-state index contributed by atoms with van der Waals surface area (Å²) in [5, 5.41) is 20.7. The average molecular weight is 388 g/mol. The minimum absolute atomic E-state index is 0.0417. The summed E-state index contributed by atoms with van der Waals surface area (Å²) in [6.07, 6.45) is 3.22. The molecule has 2 heterocycles. The van der Waals surface area contributed by atoms with Gasteiger partial charge in [-0.1, -0.05) is 0 Å². The number of nitrogens with zero attached hydrogens (tertiary/aromatic N) is 1. The normalized spacial score (nSPS) is 26.8. The highest BCUT2D eigenvalue weighted by atomic mass is 32.1. The molecule has 1 fully saturated rings. The van der Waals surface area contributed by atoms with E-state index < -0.39 is 37.0 Å². The Kier molecular flexibility index (Phi) is 6.22. The molecule has 0 aliphatic carbocycles. The number of ketones is 1. The third-order valence-corrected chi connectivity index (χ3v) is 5.89. The van der Waals surface area contributed by atoms with Crippen molar-refractivity contribution < 1.29 is 19.7 Å². The van der Waals surface area contributed by atoms with Gasteiger partial charge in [0.25, 0.3) is 5.56 Å². The molecule has 4 atom stereocenters. The van der Waals surface area contributed by atoms with Crippen LogP contribution >= 0.6 is 19.1 Å². The number of aliphatic hydroxyl groups excluding tert-OH is 2. The molecule has 1 aromatic rings. The van der Waals surface area contributed by atoms with Crippen molar-refractivity contribution in [2.45, 2.75) is 44.3 Å². The molecule has 7 nitrogen and oxygen atoms in total. The number of H-pyrrole nitrogens is 1. The molecule has 1 aliphatic rings. The van der Waals surface area contributed by atoms with Gasteiger partial charge in [0.1, 0.15) is 18.0 Å². The van der Waals surface area contributed by atoms with Gasteiger partial charge in [0, 0.05) is 18.2 Å². The van der Waals surface area contributed by atoms with Gasteiger partial charge in [-0.25, -0.2) is 0 Å². The highest BCUT2D eigenvalue weighted by Gasteiger charge is 2.43. The van der Waals surface area contributed by atoms with E-state index in [1.807, 2.05) is 0 Å². The van der Waals surface area contributed by atoms with Gasteiger partial charge in [0.15, 0.2) is 11.0 Å². The van der Waals surface area contributed by atoms with Crippen LogP contribution in [0.3, 0.4) is 0 Å². The summed E-state index contributed by atoms with van der Waals surface area (Å²) in [6, 6.07) is 0. The molecule has 2 unspecified atom stereocenters. The summed E-state index contributed by atoms with van der Waals surface area (Å²) >= 11 is 5.15. The van der Waals surface area contributed by atoms with Gasteiger partial charge in [-0.2, -0.15) is 0 Å². The van der Waals surface area contributed by atoms with Gasteiger partial charge in [-0.05, 0) is 45.1 Å². The number of aromatic amines is 1. The molecule has 25 heavy (non-hydrogen) atoms. The maximum Gasteiger partial charge on any atom is 0.255 e. The smallest absolute Gasteiger partial charge is 0.255 e. The number of hydrogen-bond acceptors (Lipinski definition) is 6. The second-order valence-corrected chi connectivity index (χ2v) is 11.9. The van der Waals surface area contributed by atoms with Crippen LogP contribution in [0.5, 0.6) is 0 Å². The third kappa shape index (κ3) is 4.99. The lowest BCUT2D eigenvalue weighted by molar-refractivity contribution is -0.116. The molecular formula is C16H25N2O5PS. The summed E-state index contributed by atoms with van der Waals surface area (Å²) in [5.41, 5.74) is -0.204. The first-order valence-electron chi connectivity index (χ1n) is 8.02. The SMILES string of the molecule is C=P(C)(C)CCC1OC(n2cc(CC(C)=O)c(=O)[nH]c2=S)[C@H](O)[C@@H]1O. The van der Waals surface area contributed by atoms with Crippen LogP contribution in [0.15, 0.2) is 11.0 Å². The lowest BCUT2D eigenvalue weighted by atomic mass is 10.1. The van der Waals surface area contributed by atoms with Gasteiger partial charge >= 0.3 is 0 Å². The number of Topliss-reactive ketones (excluding diaryl/α,β-unsaturated/α-hetero) is 1. The van der Waals surface area contributed by atoms with Gasteiger partial charge in [0.05, 0.1) is 6.10 Å². The minimum Gasteiger partial charge on any atom is -0.388 e. The van der Waals surface area contributed by atoms with Crippen molar-refractivity contribution in [3.05, 3.63) is 26.9 Å². The van der Waals surface area contributed by atoms with Crippen molar-refractivity contribution in [1.82, 2.24) is 9.55 Å². The fraction of sp³-hybridized carbons (Fsp3) is 0.625. The third-order valence-electron chi connectivity index (χ3n) is 4.11. The van der Waals surface area contributed by atoms with Crippen LogP contribution < -0.4 is 5.56 Å². The van der Waals surface area contributed by atoms with Crippen LogP contribution in [-0.2, 0) is 16.0 Å². The Morgan fingerprint density at radius 3 is 2.64 bits per heavy atom. The highest BCUT2D eigenvalue weighted by Crippen LogP contribution is 2.39. The molecule has 1 saturated heterocycles. The summed E-state index contributed by atoms with van der Waals surface area (Å²) in [5.74, 6) is -0.165. The zero-order chi connectivity index (χ0) is 18.9. The minimum atomic E-state index is -1.28. The summed E-state index contributed by atoms with van der Waals surface area (Å²) in [4.78, 5) is 25.7. The first-order valence-corrected chi connectivity index (χ1v) is 11.5. The molecule has 2 rings (SSSR count). The predicted octanol–water partition coefficient (Wildman–Crippen LogP) is 0.756. The number of ether oxygens (including phenoxy) is 1. The average Bonchev–Trinajstić information content (AvgIpc) is 2.75. The van der Waals surface area contributed by atoms with E-state index >= 15 is 0 Å². The first kappa shape index (κ1) is 20.3. The monoisotopic (exact) mass is 388 g/mol. The molecule has 0 amide bonds. The van der Waals surface area contributed by atoms with Crippen molar-refractivity contribution in [3.63, 3.8) is 0 Å². The van der Waals surface area contributed by atoms with E-state index in [1.54, 1.807) is 0 Å². The Balaban J connectivity index is 2.29. The summed E-state index contributed by atoms with van der Waals surface area (Å²) in [6.45, 7) is 4.29. The summed E-state index contributed by atoms with van der Waals surface area (Å²) < 4.78 is 7.29. The number of aromatic nitrogens is 2. The highest BCUT2D eigenvalue weighted by molar-refractivity contribution is 7.72. The van der Waals surface area contributed by atoms with Crippen molar-refractivity contribution in [2.24, 2.45) is 0 Å². The van der Waals surface area contributed by atoms with E-state index in [0.29, 0.717) is 6.42 Å². The number of aliphatic hydroxyl groups is 2. The number of nitrogens with one attached hydrogen (secondary N) is 1. The number of rotatable bonds is 6. The Morgan fingerprint density at radius 2 is 2.08 bits per heavy atom. The van der Waals surface area contributed by atoms with Crippen LogP contribution in [0.2, 0.25) is 0 Å². The fourth-order valence-corrected chi connectivity index (χ4v) is 3.99. The molecule has 0 spiro atoms. The maximum atomic E-state index is 11.9. The Labute approximate surface area is 151 Å². The predicted molar refractivity (Wildman–Crippen MR) is 102 cm³/mol. The quantitative estimate of drug-likeness (QED) is 0.491. The number of hydrogen-bond donors (Lipinski definition) is 3. The van der Waals surface area contributed by atoms with E-state index in [1.165, 1.54) is 17.7 Å². The molecule has 0 saturated carbocycles. The molecule has 0 aromatic carbocycles. The topological polar surface area (TPSA) is 105 Å². The van der Waals surface area contributed by atoms with Crippen LogP contribution in [-0.4, -0.2) is 69.7 Å². The second-order valence-electron chi connectivity index (χ2n) is 7.19. The van der Waals surface area contributed by atoms with Gasteiger partial charge in [-0.3, -0.25) is 19.1 Å². The molecular weight excluding hydrogens is 363 g/mol. The molecule has 1 aromatic heterocycles. The van der Waals surface area contributed by atoms with Gasteiger partial charge in [-0.15, -0.1) is 13.2 Å². The maximum absolute atomic E-state index is 11.9. The number of carbonyl (C=O) groups is 1. The van der Waals surface area contributed by atoms with E-state index in [2.05, 4.69) is 24.6 Å². The van der Waals surface area contributed by atoms with Crippen molar-refractivity contribution in [1.29, 1.82) is 0 Å². The van der Waals surface area contributed by atoms with Crippen molar-refractivity contribution in [2.75, 3.05) is 19.5 Å². The Hall–Kier alpha value is -1.05. The van der Waals surface area contributed by atoms with E-state index in [9.17, 15) is 19.8 Å². The molecule has 3 N–H and O–H groups in total. The van der Waals surface area contributed by atoms with Crippen LogP contribution in [0.1, 0.15) is 25.1 Å². The lowest BCUT2D eigenvalue weighted by Crippen LogP contribution is -2.32. The van der Waals surface area contributed by atoms with E-state index in [-0.39, 0.29) is 22.5 Å². The van der Waals surface area contributed by atoms with E-state index in [0.717, 1.165) is 6.16 Å². The molecule has 0 radical (unpaired) electrons. The van der Waals surface area contributed by atoms with E-state index in [4.69, 9.17) is 17.0 Å². The van der Waals surface area contributed by atoms with Crippen molar-refractivity contribution >= 4 is 31.2 Å². The van der Waals surface area contributed by atoms with Crippen molar-refractivity contribution in [3.8, 4) is 0 Å². The molecule has 1 aliphatic heterocycles. The van der Waals surface area contributed by atoms with Crippen LogP contribution in [0.25, 0.3) is 0 Å². The van der Waals surface area contributed by atoms with Gasteiger partial charge < -0.3 is 14.9 Å². The zero-order valence-corrected chi connectivity index (χ0v) is 16.3. The standard InChI is InChI=1S/C16H25N2O5PS/c1-9(19)7-10-8-18(16(25)17-14(10)22)15-13(21)12(20)11(23-15)5-6-24(2,3)4/h8,11-13,15,20-21H,2,5-7H2,1,3-4H3,(H,17,22,25)/t11?,12-,13-,15?/m1/s1. The zero-order valence-electron chi connectivity index (χ0n) is 14.6. The number of carbonyl (C=O) groups excluding carboxylic acids is 1. The Morgan fingerprint density at radius 1 is 1.44 bits per heavy atom. The lowest BCUT2D eigenvalue weighted by Gasteiger charge is -2.19. The molecule has 9 heteroatoms. The largest absolute Gasteiger partial charge is 0.388 e. The van der Waals surface area contributed by atoms with Crippen LogP contribution in [0.4, 0.5) is 0 Å². The second kappa shape index (κ2) is 7.68. The fourth-order valence-electron chi connectivity index (χ4n) is 2.78. The van der Waals surface area contributed by atoms with Crippen LogP contribution in [0, 0.1) is 4.77 Å². The first-order chi connectivity index (χ1) is 11.5. The Bertz CT molecular complexity index is 811. The molecule has 0 bridgehead atoms. The summed E-state index contributed by atoms with van der Waals surface area (Å²) in [7, 11) is 0. The molecule has 140 valence electrons.